The van der Waals surface area contributed by atoms with Crippen LogP contribution in [0.1, 0.15) is 11.6 Å². The predicted octanol–water partition coefficient (Wildman–Crippen LogP) is 4.01. The standard InChI is InChI=1S/C24H18ClN3O7/c1-34-19-12-13(2-11-18(19)29)21-20-22(35-27(21)16-7-9-17(10-8-16)28(32)33)24(31)26(23(20)30)15-5-3-14(25)4-6-15/h2-12,20-22,29H,1H3/t20-,21-,22+/m1/s1. The summed E-state index contributed by atoms with van der Waals surface area (Å²) in [6.45, 7) is 0. The highest BCUT2D eigenvalue weighted by Gasteiger charge is 2.60. The molecule has 5 rings (SSSR count). The minimum atomic E-state index is -1.13. The van der Waals surface area contributed by atoms with Crippen LogP contribution in [0.25, 0.3) is 0 Å². The number of anilines is 2. The second-order valence-corrected chi connectivity index (χ2v) is 8.45. The molecule has 0 aromatic heterocycles. The third-order valence-electron chi connectivity index (χ3n) is 6.06. The van der Waals surface area contributed by atoms with Gasteiger partial charge < -0.3 is 9.84 Å². The van der Waals surface area contributed by atoms with E-state index in [1.165, 1.54) is 42.5 Å². The number of methoxy groups -OCH3 is 1. The number of nitro groups is 1. The number of nitro benzene ring substituents is 1. The summed E-state index contributed by atoms with van der Waals surface area (Å²) in [5, 5.41) is 23.0. The number of halogens is 1. The lowest BCUT2D eigenvalue weighted by atomic mass is 9.90. The first kappa shape index (κ1) is 22.6. The molecule has 2 heterocycles. The van der Waals surface area contributed by atoms with E-state index in [1.54, 1.807) is 36.4 Å². The third kappa shape index (κ3) is 3.72. The first-order valence-electron chi connectivity index (χ1n) is 10.5. The molecule has 2 saturated heterocycles. The maximum atomic E-state index is 13.6. The van der Waals surface area contributed by atoms with Gasteiger partial charge in [0, 0.05) is 17.2 Å². The fourth-order valence-corrected chi connectivity index (χ4v) is 4.55. The Morgan fingerprint density at radius 3 is 2.29 bits per heavy atom. The monoisotopic (exact) mass is 495 g/mol. The number of non-ortho nitro benzene ring substituents is 1. The molecule has 2 fully saturated rings. The number of ether oxygens (including phenoxy) is 1. The zero-order valence-electron chi connectivity index (χ0n) is 18.2. The minimum Gasteiger partial charge on any atom is -0.504 e. The predicted molar refractivity (Wildman–Crippen MR) is 125 cm³/mol. The number of fused-ring (bicyclic) bond motifs is 1. The lowest BCUT2D eigenvalue weighted by molar-refractivity contribution is -0.384. The van der Waals surface area contributed by atoms with Crippen LogP contribution >= 0.6 is 11.6 Å². The van der Waals surface area contributed by atoms with Gasteiger partial charge in [0.25, 0.3) is 11.6 Å². The average Bonchev–Trinajstić information content (AvgIpc) is 3.36. The van der Waals surface area contributed by atoms with E-state index in [2.05, 4.69) is 0 Å². The number of hydroxylamine groups is 1. The van der Waals surface area contributed by atoms with Gasteiger partial charge in [0.1, 0.15) is 5.92 Å². The van der Waals surface area contributed by atoms with Crippen LogP contribution in [0.3, 0.4) is 0 Å². The first-order chi connectivity index (χ1) is 16.8. The highest BCUT2D eigenvalue weighted by Crippen LogP contribution is 2.48. The lowest BCUT2D eigenvalue weighted by Gasteiger charge is -2.29. The number of imide groups is 1. The maximum Gasteiger partial charge on any atom is 0.269 e. The van der Waals surface area contributed by atoms with E-state index in [0.29, 0.717) is 22.0 Å². The Hall–Kier alpha value is -4.15. The Balaban J connectivity index is 1.59. The van der Waals surface area contributed by atoms with E-state index in [4.69, 9.17) is 21.2 Å². The average molecular weight is 496 g/mol. The van der Waals surface area contributed by atoms with Crippen molar-refractivity contribution in [3.63, 3.8) is 0 Å². The van der Waals surface area contributed by atoms with Crippen LogP contribution < -0.4 is 14.7 Å². The van der Waals surface area contributed by atoms with Gasteiger partial charge in [-0.05, 0) is 54.1 Å². The summed E-state index contributed by atoms with van der Waals surface area (Å²) in [5.41, 5.74) is 1.22. The number of hydrogen-bond donors (Lipinski definition) is 1. The van der Waals surface area contributed by atoms with Crippen molar-refractivity contribution < 1.29 is 29.2 Å². The van der Waals surface area contributed by atoms with Gasteiger partial charge in [0.15, 0.2) is 17.6 Å². The fraction of sp³-hybridized carbons (Fsp3) is 0.167. The van der Waals surface area contributed by atoms with E-state index in [-0.39, 0.29) is 17.2 Å². The quantitative estimate of drug-likeness (QED) is 0.320. The molecule has 3 aromatic carbocycles. The molecule has 3 aromatic rings. The Morgan fingerprint density at radius 2 is 1.66 bits per heavy atom. The summed E-state index contributed by atoms with van der Waals surface area (Å²) >= 11 is 5.95. The van der Waals surface area contributed by atoms with Crippen molar-refractivity contribution in [2.24, 2.45) is 5.92 Å². The van der Waals surface area contributed by atoms with Gasteiger partial charge in [-0.15, -0.1) is 0 Å². The highest BCUT2D eigenvalue weighted by molar-refractivity contribution is 6.31. The van der Waals surface area contributed by atoms with E-state index >= 15 is 0 Å². The molecule has 35 heavy (non-hydrogen) atoms. The van der Waals surface area contributed by atoms with Crippen molar-refractivity contribution in [3.8, 4) is 11.5 Å². The molecule has 2 amide bonds. The lowest BCUT2D eigenvalue weighted by Crippen LogP contribution is -2.37. The smallest absolute Gasteiger partial charge is 0.269 e. The molecule has 1 N–H and O–H groups in total. The molecular weight excluding hydrogens is 478 g/mol. The van der Waals surface area contributed by atoms with Crippen LogP contribution in [0, 0.1) is 16.0 Å². The molecule has 178 valence electrons. The molecule has 11 heteroatoms. The van der Waals surface area contributed by atoms with E-state index in [9.17, 15) is 24.8 Å². The van der Waals surface area contributed by atoms with Crippen LogP contribution in [0.2, 0.25) is 5.02 Å². The second kappa shape index (κ2) is 8.57. The molecule has 2 aliphatic heterocycles. The summed E-state index contributed by atoms with van der Waals surface area (Å²) < 4.78 is 5.23. The van der Waals surface area contributed by atoms with E-state index in [1.807, 2.05) is 0 Å². The number of nitrogens with zero attached hydrogens (tertiary/aromatic N) is 3. The zero-order chi connectivity index (χ0) is 24.9. The number of benzene rings is 3. The number of amides is 2. The normalized spacial score (nSPS) is 21.4. The van der Waals surface area contributed by atoms with Gasteiger partial charge in [-0.25, -0.2) is 9.96 Å². The molecule has 0 bridgehead atoms. The van der Waals surface area contributed by atoms with Gasteiger partial charge in [0.2, 0.25) is 5.91 Å². The summed E-state index contributed by atoms with van der Waals surface area (Å²) in [6, 6.07) is 15.7. The summed E-state index contributed by atoms with van der Waals surface area (Å²) in [6.07, 6.45) is -1.13. The van der Waals surface area contributed by atoms with Crippen LogP contribution in [0.4, 0.5) is 17.1 Å². The number of carbonyl (C=O) groups excluding carboxylic acids is 2. The molecule has 0 saturated carbocycles. The molecular formula is C24H18ClN3O7. The number of phenolic OH excluding ortho intramolecular Hbond substituents is 1. The second-order valence-electron chi connectivity index (χ2n) is 8.02. The Bertz CT molecular complexity index is 1330. The van der Waals surface area contributed by atoms with Gasteiger partial charge in [-0.1, -0.05) is 17.7 Å². The third-order valence-corrected chi connectivity index (χ3v) is 6.31. The molecule has 0 unspecified atom stereocenters. The van der Waals surface area contributed by atoms with Gasteiger partial charge >= 0.3 is 0 Å². The van der Waals surface area contributed by atoms with Gasteiger partial charge in [-0.3, -0.25) is 24.5 Å². The van der Waals surface area contributed by atoms with Crippen LogP contribution in [-0.4, -0.2) is 35.1 Å². The maximum absolute atomic E-state index is 13.6. The van der Waals surface area contributed by atoms with Crippen molar-refractivity contribution in [2.45, 2.75) is 12.1 Å². The number of hydrogen-bond acceptors (Lipinski definition) is 8. The molecule has 0 radical (unpaired) electrons. The number of carbonyl (C=O) groups is 2. The largest absolute Gasteiger partial charge is 0.504 e. The van der Waals surface area contributed by atoms with Crippen LogP contribution in [0.5, 0.6) is 11.5 Å². The fourth-order valence-electron chi connectivity index (χ4n) is 4.42. The Kier molecular flexibility index (Phi) is 5.54. The SMILES string of the molecule is COc1cc([C@@H]2[C@H]3C(=O)N(c4ccc(Cl)cc4)C(=O)[C@H]3ON2c2ccc([N+](=O)[O-])cc2)ccc1O. The Morgan fingerprint density at radius 1 is 1.00 bits per heavy atom. The van der Waals surface area contributed by atoms with Crippen LogP contribution in [-0.2, 0) is 14.4 Å². The van der Waals surface area contributed by atoms with Crippen molar-refractivity contribution in [3.05, 3.63) is 87.4 Å². The summed E-state index contributed by atoms with van der Waals surface area (Å²) in [4.78, 5) is 44.6. The number of aromatic hydroxyl groups is 1. The summed E-state index contributed by atoms with van der Waals surface area (Å²) in [5.74, 6) is -1.85. The number of phenols is 1. The molecule has 10 nitrogen and oxygen atoms in total. The molecule has 0 aliphatic carbocycles. The minimum absolute atomic E-state index is 0.0924. The van der Waals surface area contributed by atoms with Crippen molar-refractivity contribution in [1.82, 2.24) is 0 Å². The Labute approximate surface area is 203 Å². The van der Waals surface area contributed by atoms with Crippen molar-refractivity contribution in [1.29, 1.82) is 0 Å². The zero-order valence-corrected chi connectivity index (χ0v) is 19.0. The topological polar surface area (TPSA) is 122 Å². The van der Waals surface area contributed by atoms with Gasteiger partial charge in [0.05, 0.1) is 29.4 Å². The summed E-state index contributed by atoms with van der Waals surface area (Å²) in [7, 11) is 1.40. The molecule has 3 atom stereocenters. The van der Waals surface area contributed by atoms with E-state index < -0.39 is 34.8 Å². The van der Waals surface area contributed by atoms with Crippen LogP contribution in [0.15, 0.2) is 66.7 Å². The highest BCUT2D eigenvalue weighted by atomic mass is 35.5. The molecule has 2 aliphatic rings. The van der Waals surface area contributed by atoms with Crippen molar-refractivity contribution >= 4 is 40.5 Å². The van der Waals surface area contributed by atoms with Gasteiger partial charge in [-0.2, -0.15) is 0 Å². The molecule has 0 spiro atoms. The van der Waals surface area contributed by atoms with E-state index in [0.717, 1.165) is 4.90 Å². The van der Waals surface area contributed by atoms with Crippen molar-refractivity contribution in [2.75, 3.05) is 17.1 Å². The first-order valence-corrected chi connectivity index (χ1v) is 10.9. The number of rotatable bonds is 5.